The van der Waals surface area contributed by atoms with Gasteiger partial charge in [0.15, 0.2) is 5.76 Å². The number of hydrogen-bond acceptors (Lipinski definition) is 7. The molecule has 7 nitrogen and oxygen atoms in total. The first-order valence-electron chi connectivity index (χ1n) is 8.20. The zero-order valence-corrected chi connectivity index (χ0v) is 14.6. The van der Waals surface area contributed by atoms with Gasteiger partial charge in [-0.25, -0.2) is 9.97 Å². The van der Waals surface area contributed by atoms with Crippen LogP contribution in [-0.2, 0) is 4.74 Å². The molecule has 130 valence electrons. The smallest absolute Gasteiger partial charge is 0.233 e. The van der Waals surface area contributed by atoms with Gasteiger partial charge in [0, 0.05) is 18.7 Å². The molecule has 1 aromatic rings. The van der Waals surface area contributed by atoms with E-state index >= 15 is 0 Å². The Morgan fingerprint density at radius 1 is 1.25 bits per heavy atom. The molecule has 0 amide bonds. The Labute approximate surface area is 142 Å². The van der Waals surface area contributed by atoms with Crippen molar-refractivity contribution in [2.75, 3.05) is 32.1 Å². The maximum atomic E-state index is 12.5. The van der Waals surface area contributed by atoms with E-state index in [0.29, 0.717) is 5.82 Å². The first-order chi connectivity index (χ1) is 11.5. The molecule has 0 saturated carbocycles. The van der Waals surface area contributed by atoms with Gasteiger partial charge in [-0.1, -0.05) is 13.8 Å². The van der Waals surface area contributed by atoms with Gasteiger partial charge < -0.3 is 15.0 Å². The van der Waals surface area contributed by atoms with Crippen molar-refractivity contribution >= 4 is 17.4 Å². The molecule has 0 aliphatic heterocycles. The number of fused-ring (bicyclic) bond motifs is 1. The largest absolute Gasteiger partial charge is 0.492 e. The summed E-state index contributed by atoms with van der Waals surface area (Å²) in [4.78, 5) is 35.0. The Morgan fingerprint density at radius 3 is 2.58 bits per heavy atom. The molecule has 1 N–H and O–H groups in total. The van der Waals surface area contributed by atoms with Gasteiger partial charge >= 0.3 is 0 Å². The van der Waals surface area contributed by atoms with Gasteiger partial charge in [0.2, 0.25) is 11.6 Å². The monoisotopic (exact) mass is 332 g/mol. The van der Waals surface area contributed by atoms with Gasteiger partial charge in [0.25, 0.3) is 0 Å². The van der Waals surface area contributed by atoms with Crippen molar-refractivity contribution in [1.82, 2.24) is 14.9 Å². The molecule has 0 spiro atoms. The molecule has 0 saturated heterocycles. The Balaban J connectivity index is 2.18. The van der Waals surface area contributed by atoms with Crippen LogP contribution in [-0.4, -0.2) is 59.2 Å². The minimum atomic E-state index is -0.369. The topological polar surface area (TPSA) is 84.4 Å². The molecular weight excluding hydrogens is 308 g/mol. The van der Waals surface area contributed by atoms with Crippen LogP contribution in [0.3, 0.4) is 0 Å². The number of carbonyl (C=O) groups excluding carboxylic acids is 2. The van der Waals surface area contributed by atoms with E-state index in [1.165, 1.54) is 19.5 Å². The third-order valence-corrected chi connectivity index (χ3v) is 4.17. The molecule has 1 aliphatic carbocycles. The zero-order chi connectivity index (χ0) is 17.7. The fourth-order valence-electron chi connectivity index (χ4n) is 2.65. The summed E-state index contributed by atoms with van der Waals surface area (Å²) in [7, 11) is 1.37. The summed E-state index contributed by atoms with van der Waals surface area (Å²) in [5.74, 6) is -0.317. The van der Waals surface area contributed by atoms with Crippen molar-refractivity contribution in [2.45, 2.75) is 33.2 Å². The summed E-state index contributed by atoms with van der Waals surface area (Å²) < 4.78 is 5.00. The van der Waals surface area contributed by atoms with Crippen molar-refractivity contribution < 1.29 is 14.3 Å². The number of aromatic nitrogens is 2. The molecule has 7 heteroatoms. The average molecular weight is 332 g/mol. The molecule has 0 fully saturated rings. The van der Waals surface area contributed by atoms with E-state index in [0.717, 1.165) is 26.1 Å². The number of hydrogen-bond donors (Lipinski definition) is 1. The number of nitrogens with one attached hydrogen (secondary N) is 1. The second-order valence-corrected chi connectivity index (χ2v) is 5.71. The standard InChI is InChI=1S/C17H24N4O3/c1-5-21(6-2)8-7-11(3)20-17-14-15(18-10-19-17)12(22)9-13(24-4)16(14)23/h9-11H,5-8H2,1-4H3,(H,18,19,20). The fourth-order valence-corrected chi connectivity index (χ4v) is 2.65. The van der Waals surface area contributed by atoms with Crippen molar-refractivity contribution in [3.05, 3.63) is 29.4 Å². The highest BCUT2D eigenvalue weighted by Crippen LogP contribution is 2.25. The van der Waals surface area contributed by atoms with E-state index in [4.69, 9.17) is 4.74 Å². The van der Waals surface area contributed by atoms with Gasteiger partial charge in [-0.05, 0) is 26.4 Å². The first-order valence-corrected chi connectivity index (χ1v) is 8.20. The van der Waals surface area contributed by atoms with E-state index in [1.54, 1.807) is 0 Å². The summed E-state index contributed by atoms with van der Waals surface area (Å²) in [6.45, 7) is 9.24. The molecule has 1 unspecified atom stereocenters. The highest BCUT2D eigenvalue weighted by molar-refractivity contribution is 6.24. The Bertz CT molecular complexity index is 653. The van der Waals surface area contributed by atoms with Crippen LogP contribution in [0, 0.1) is 0 Å². The summed E-state index contributed by atoms with van der Waals surface area (Å²) in [6, 6.07) is 0.101. The van der Waals surface area contributed by atoms with Crippen molar-refractivity contribution in [3.8, 4) is 0 Å². The summed E-state index contributed by atoms with van der Waals surface area (Å²) in [5, 5.41) is 3.24. The van der Waals surface area contributed by atoms with Gasteiger partial charge in [-0.3, -0.25) is 9.59 Å². The van der Waals surface area contributed by atoms with Gasteiger partial charge in [-0.2, -0.15) is 0 Å². The number of anilines is 1. The highest BCUT2D eigenvalue weighted by Gasteiger charge is 2.31. The van der Waals surface area contributed by atoms with Crippen LogP contribution in [0.1, 0.15) is 48.0 Å². The number of rotatable bonds is 8. The molecule has 1 aliphatic rings. The molecule has 1 aromatic heterocycles. The van der Waals surface area contributed by atoms with E-state index in [2.05, 4.69) is 34.0 Å². The average Bonchev–Trinajstić information content (AvgIpc) is 2.58. The molecule has 0 radical (unpaired) electrons. The first kappa shape index (κ1) is 18.1. The lowest BCUT2D eigenvalue weighted by Crippen LogP contribution is -2.30. The third kappa shape index (κ3) is 3.79. The molecular formula is C17H24N4O3. The number of carbonyl (C=O) groups is 2. The highest BCUT2D eigenvalue weighted by atomic mass is 16.5. The number of methoxy groups -OCH3 is 1. The van der Waals surface area contributed by atoms with E-state index in [1.807, 2.05) is 6.92 Å². The van der Waals surface area contributed by atoms with Gasteiger partial charge in [-0.15, -0.1) is 0 Å². The van der Waals surface area contributed by atoms with E-state index in [9.17, 15) is 9.59 Å². The molecule has 24 heavy (non-hydrogen) atoms. The molecule has 1 atom stereocenters. The molecule has 2 rings (SSSR count). The zero-order valence-electron chi connectivity index (χ0n) is 14.6. The van der Waals surface area contributed by atoms with Crippen LogP contribution in [0.15, 0.2) is 18.2 Å². The minimum absolute atomic E-state index is 0.0149. The number of Topliss-reactive ketones (excluding diaryl/α,β-unsaturated/α-hetero) is 1. The Hall–Kier alpha value is -2.28. The Kier molecular flexibility index (Phi) is 6.03. The maximum absolute atomic E-state index is 12.5. The number of ketones is 2. The van der Waals surface area contributed by atoms with Crippen molar-refractivity contribution in [1.29, 1.82) is 0 Å². The maximum Gasteiger partial charge on any atom is 0.233 e. The lowest BCUT2D eigenvalue weighted by Gasteiger charge is -2.23. The van der Waals surface area contributed by atoms with Gasteiger partial charge in [0.1, 0.15) is 17.8 Å². The van der Waals surface area contributed by atoms with Crippen LogP contribution in [0.5, 0.6) is 0 Å². The molecule has 0 bridgehead atoms. The van der Waals surface area contributed by atoms with E-state index < -0.39 is 0 Å². The SMILES string of the molecule is CCN(CC)CCC(C)Nc1ncnc2c1C(=O)C(OC)=CC2=O. The van der Waals surface area contributed by atoms with Crippen molar-refractivity contribution in [2.24, 2.45) is 0 Å². The molecule has 1 heterocycles. The second-order valence-electron chi connectivity index (χ2n) is 5.71. The number of ether oxygens (including phenoxy) is 1. The quantitative estimate of drug-likeness (QED) is 0.778. The second kappa shape index (κ2) is 8.01. The predicted octanol–water partition coefficient (Wildman–Crippen LogP) is 1.92. The number of nitrogens with zero attached hydrogens (tertiary/aromatic N) is 3. The van der Waals surface area contributed by atoms with Crippen molar-refractivity contribution in [3.63, 3.8) is 0 Å². The lowest BCUT2D eigenvalue weighted by molar-refractivity contribution is 0.0914. The fraction of sp³-hybridized carbons (Fsp3) is 0.529. The van der Waals surface area contributed by atoms with Crippen LogP contribution < -0.4 is 5.32 Å². The van der Waals surface area contributed by atoms with Crippen LogP contribution >= 0.6 is 0 Å². The summed E-state index contributed by atoms with van der Waals surface area (Å²) >= 11 is 0. The summed E-state index contributed by atoms with van der Waals surface area (Å²) in [5.41, 5.74) is 0.311. The lowest BCUT2D eigenvalue weighted by atomic mass is 9.98. The summed E-state index contributed by atoms with van der Waals surface area (Å²) in [6.07, 6.45) is 3.37. The van der Waals surface area contributed by atoms with Crippen LogP contribution in [0.4, 0.5) is 5.82 Å². The normalized spacial score (nSPS) is 15.1. The number of allylic oxidation sites excluding steroid dienone is 2. The molecule has 0 aromatic carbocycles. The Morgan fingerprint density at radius 2 is 1.96 bits per heavy atom. The third-order valence-electron chi connectivity index (χ3n) is 4.17. The predicted molar refractivity (Wildman–Crippen MR) is 91.3 cm³/mol. The van der Waals surface area contributed by atoms with Crippen LogP contribution in [0.25, 0.3) is 0 Å². The van der Waals surface area contributed by atoms with Gasteiger partial charge in [0.05, 0.1) is 12.7 Å². The van der Waals surface area contributed by atoms with E-state index in [-0.39, 0.29) is 34.6 Å². The van der Waals surface area contributed by atoms with Crippen LogP contribution in [0.2, 0.25) is 0 Å². The minimum Gasteiger partial charge on any atom is -0.492 e.